The van der Waals surface area contributed by atoms with Crippen molar-refractivity contribution in [1.82, 2.24) is 15.1 Å². The van der Waals surface area contributed by atoms with Crippen LogP contribution < -0.4 is 5.32 Å². The first-order valence-electron chi connectivity index (χ1n) is 9.31. The van der Waals surface area contributed by atoms with Gasteiger partial charge in [-0.15, -0.1) is 0 Å². The molecule has 0 bridgehead atoms. The van der Waals surface area contributed by atoms with E-state index in [1.165, 1.54) is 7.11 Å². The fourth-order valence-corrected chi connectivity index (χ4v) is 3.32. The SMILES string of the molecule is COC(=O)C1CCC(NC(=O)N2CCN(C(=O)OC(C)(C)C)CC2)CC1. The van der Waals surface area contributed by atoms with Crippen LogP contribution in [0.2, 0.25) is 0 Å². The highest BCUT2D eigenvalue weighted by atomic mass is 16.6. The Morgan fingerprint density at radius 3 is 1.96 bits per heavy atom. The standard InChI is InChI=1S/C18H31N3O5/c1-18(2,3)26-17(24)21-11-9-20(10-12-21)16(23)19-14-7-5-13(6-8-14)15(22)25-4/h13-14H,5-12H2,1-4H3,(H,19,23). The maximum Gasteiger partial charge on any atom is 0.410 e. The third kappa shape index (κ3) is 5.78. The highest BCUT2D eigenvalue weighted by Crippen LogP contribution is 2.25. The van der Waals surface area contributed by atoms with Crippen molar-refractivity contribution in [3.63, 3.8) is 0 Å². The van der Waals surface area contributed by atoms with Crippen molar-refractivity contribution < 1.29 is 23.9 Å². The molecule has 0 aromatic rings. The second-order valence-electron chi connectivity index (χ2n) is 7.98. The molecule has 0 atom stereocenters. The Balaban J connectivity index is 1.72. The first-order valence-corrected chi connectivity index (χ1v) is 9.31. The molecule has 1 aliphatic carbocycles. The number of esters is 1. The molecule has 148 valence electrons. The predicted octanol–water partition coefficient (Wildman–Crippen LogP) is 1.98. The Bertz CT molecular complexity index is 515. The summed E-state index contributed by atoms with van der Waals surface area (Å²) in [5.41, 5.74) is -0.519. The van der Waals surface area contributed by atoms with Crippen molar-refractivity contribution in [1.29, 1.82) is 0 Å². The zero-order valence-corrected chi connectivity index (χ0v) is 16.2. The van der Waals surface area contributed by atoms with Crippen LogP contribution in [-0.2, 0) is 14.3 Å². The smallest absolute Gasteiger partial charge is 0.410 e. The minimum atomic E-state index is -0.519. The maximum atomic E-state index is 12.4. The van der Waals surface area contributed by atoms with Crippen LogP contribution in [0.15, 0.2) is 0 Å². The molecule has 2 rings (SSSR count). The lowest BCUT2D eigenvalue weighted by molar-refractivity contribution is -0.146. The van der Waals surface area contributed by atoms with Gasteiger partial charge in [0.2, 0.25) is 0 Å². The molecule has 2 fully saturated rings. The summed E-state index contributed by atoms with van der Waals surface area (Å²) in [4.78, 5) is 39.4. The molecule has 1 saturated carbocycles. The number of nitrogens with zero attached hydrogens (tertiary/aromatic N) is 2. The highest BCUT2D eigenvalue weighted by Gasteiger charge is 2.31. The number of piperazine rings is 1. The number of hydrogen-bond acceptors (Lipinski definition) is 5. The summed E-state index contributed by atoms with van der Waals surface area (Å²) in [6.07, 6.45) is 2.71. The molecular formula is C18H31N3O5. The number of urea groups is 1. The monoisotopic (exact) mass is 369 g/mol. The number of carbonyl (C=O) groups excluding carboxylic acids is 3. The van der Waals surface area contributed by atoms with Gasteiger partial charge in [0.15, 0.2) is 0 Å². The van der Waals surface area contributed by atoms with Crippen LogP contribution in [0.3, 0.4) is 0 Å². The Morgan fingerprint density at radius 2 is 1.46 bits per heavy atom. The number of methoxy groups -OCH3 is 1. The lowest BCUT2D eigenvalue weighted by Crippen LogP contribution is -2.55. The highest BCUT2D eigenvalue weighted by molar-refractivity contribution is 5.75. The first kappa shape index (κ1) is 20.3. The van der Waals surface area contributed by atoms with Crippen LogP contribution in [-0.4, -0.2) is 72.8 Å². The molecule has 0 radical (unpaired) electrons. The molecule has 1 heterocycles. The van der Waals surface area contributed by atoms with Gasteiger partial charge in [-0.05, 0) is 46.5 Å². The lowest BCUT2D eigenvalue weighted by atomic mass is 9.86. The van der Waals surface area contributed by atoms with Gasteiger partial charge >= 0.3 is 18.1 Å². The Morgan fingerprint density at radius 1 is 0.923 bits per heavy atom. The Hall–Kier alpha value is -1.99. The molecule has 1 aliphatic heterocycles. The van der Waals surface area contributed by atoms with Gasteiger partial charge in [-0.1, -0.05) is 0 Å². The predicted molar refractivity (Wildman–Crippen MR) is 95.7 cm³/mol. The quantitative estimate of drug-likeness (QED) is 0.752. The van der Waals surface area contributed by atoms with E-state index in [1.807, 2.05) is 20.8 Å². The van der Waals surface area contributed by atoms with Gasteiger partial charge in [0.1, 0.15) is 5.60 Å². The molecule has 0 aromatic heterocycles. The van der Waals surface area contributed by atoms with Gasteiger partial charge in [0, 0.05) is 32.2 Å². The molecule has 3 amide bonds. The van der Waals surface area contributed by atoms with E-state index >= 15 is 0 Å². The number of hydrogen-bond donors (Lipinski definition) is 1. The molecule has 8 nitrogen and oxygen atoms in total. The summed E-state index contributed by atoms with van der Waals surface area (Å²) >= 11 is 0. The average Bonchev–Trinajstić information content (AvgIpc) is 2.60. The minimum Gasteiger partial charge on any atom is -0.469 e. The Labute approximate surface area is 155 Å². The van der Waals surface area contributed by atoms with Crippen LogP contribution in [0.4, 0.5) is 9.59 Å². The van der Waals surface area contributed by atoms with E-state index < -0.39 is 5.60 Å². The molecule has 0 unspecified atom stereocenters. The van der Waals surface area contributed by atoms with Gasteiger partial charge in [-0.2, -0.15) is 0 Å². The van der Waals surface area contributed by atoms with E-state index in [0.717, 1.165) is 25.7 Å². The van der Waals surface area contributed by atoms with Crippen molar-refractivity contribution in [3.8, 4) is 0 Å². The number of nitrogens with one attached hydrogen (secondary N) is 1. The summed E-state index contributed by atoms with van der Waals surface area (Å²) in [6.45, 7) is 7.43. The second-order valence-corrected chi connectivity index (χ2v) is 7.98. The van der Waals surface area contributed by atoms with Gasteiger partial charge < -0.3 is 24.6 Å². The normalized spacial score (nSPS) is 24.0. The summed E-state index contributed by atoms with van der Waals surface area (Å²) < 4.78 is 10.1. The second kappa shape index (κ2) is 8.60. The van der Waals surface area contributed by atoms with E-state index in [1.54, 1.807) is 9.80 Å². The molecule has 8 heteroatoms. The minimum absolute atomic E-state index is 0.0504. The average molecular weight is 369 g/mol. The van der Waals surface area contributed by atoms with Crippen molar-refractivity contribution in [2.24, 2.45) is 5.92 Å². The zero-order valence-electron chi connectivity index (χ0n) is 16.2. The fraction of sp³-hybridized carbons (Fsp3) is 0.833. The molecule has 26 heavy (non-hydrogen) atoms. The van der Waals surface area contributed by atoms with E-state index in [9.17, 15) is 14.4 Å². The largest absolute Gasteiger partial charge is 0.469 e. The van der Waals surface area contributed by atoms with E-state index in [2.05, 4.69) is 5.32 Å². The third-order valence-electron chi connectivity index (χ3n) is 4.81. The summed E-state index contributed by atoms with van der Waals surface area (Å²) in [5, 5.41) is 3.05. The molecule has 0 spiro atoms. The summed E-state index contributed by atoms with van der Waals surface area (Å²) in [7, 11) is 1.41. The van der Waals surface area contributed by atoms with E-state index in [0.29, 0.717) is 26.2 Å². The van der Waals surface area contributed by atoms with Gasteiger partial charge in [0.25, 0.3) is 0 Å². The molecule has 1 N–H and O–H groups in total. The third-order valence-corrected chi connectivity index (χ3v) is 4.81. The molecular weight excluding hydrogens is 338 g/mol. The topological polar surface area (TPSA) is 88.2 Å². The number of carbonyl (C=O) groups is 3. The van der Waals surface area contributed by atoms with Crippen LogP contribution in [0.1, 0.15) is 46.5 Å². The number of amides is 3. The van der Waals surface area contributed by atoms with Crippen molar-refractivity contribution in [3.05, 3.63) is 0 Å². The van der Waals surface area contributed by atoms with Crippen molar-refractivity contribution in [2.45, 2.75) is 58.1 Å². The zero-order chi connectivity index (χ0) is 19.3. The summed E-state index contributed by atoms with van der Waals surface area (Å²) in [6, 6.07) is -0.0114. The van der Waals surface area contributed by atoms with Gasteiger partial charge in [0.05, 0.1) is 13.0 Å². The lowest BCUT2D eigenvalue weighted by Gasteiger charge is -2.36. The molecule has 1 saturated heterocycles. The van der Waals surface area contributed by atoms with Crippen molar-refractivity contribution in [2.75, 3.05) is 33.3 Å². The van der Waals surface area contributed by atoms with E-state index in [-0.39, 0.29) is 30.1 Å². The van der Waals surface area contributed by atoms with Crippen LogP contribution >= 0.6 is 0 Å². The fourth-order valence-electron chi connectivity index (χ4n) is 3.32. The summed E-state index contributed by atoms with van der Waals surface area (Å²) in [5.74, 6) is -0.210. The van der Waals surface area contributed by atoms with Gasteiger partial charge in [-0.25, -0.2) is 9.59 Å². The van der Waals surface area contributed by atoms with Crippen molar-refractivity contribution >= 4 is 18.1 Å². The van der Waals surface area contributed by atoms with Crippen LogP contribution in [0.5, 0.6) is 0 Å². The van der Waals surface area contributed by atoms with Gasteiger partial charge in [-0.3, -0.25) is 4.79 Å². The molecule has 2 aliphatic rings. The maximum absolute atomic E-state index is 12.4. The van der Waals surface area contributed by atoms with Crippen LogP contribution in [0, 0.1) is 5.92 Å². The number of ether oxygens (including phenoxy) is 2. The molecule has 0 aromatic carbocycles. The van der Waals surface area contributed by atoms with E-state index in [4.69, 9.17) is 9.47 Å². The Kier molecular flexibility index (Phi) is 6.72. The number of rotatable bonds is 2. The van der Waals surface area contributed by atoms with Crippen LogP contribution in [0.25, 0.3) is 0 Å². The first-order chi connectivity index (χ1) is 12.2.